The Morgan fingerprint density at radius 3 is 2.26 bits per heavy atom. The van der Waals surface area contributed by atoms with E-state index in [1.165, 1.54) is 19.3 Å². The molecule has 1 amide bonds. The second kappa shape index (κ2) is 8.20. The summed E-state index contributed by atoms with van der Waals surface area (Å²) in [5.74, 6) is 4.78. The molecule has 1 aromatic rings. The van der Waals surface area contributed by atoms with Gasteiger partial charge in [-0.15, -0.1) is 0 Å². The average molecular weight is 445 g/mol. The van der Waals surface area contributed by atoms with Gasteiger partial charge in [0.1, 0.15) is 17.3 Å². The van der Waals surface area contributed by atoms with E-state index in [2.05, 4.69) is 40.7 Å². The second-order valence-corrected chi connectivity index (χ2v) is 11.7. The zero-order valence-electron chi connectivity index (χ0n) is 19.3. The lowest BCUT2D eigenvalue weighted by Gasteiger charge is -2.56. The molecule has 5 fully saturated rings. The Morgan fingerprint density at radius 1 is 1.13 bits per heavy atom. The van der Waals surface area contributed by atoms with E-state index in [9.17, 15) is 4.79 Å². The van der Waals surface area contributed by atoms with Gasteiger partial charge in [-0.2, -0.15) is 0 Å². The Morgan fingerprint density at radius 2 is 1.71 bits per heavy atom. The number of nitrogens with zero attached hydrogens (tertiary/aromatic N) is 4. The van der Waals surface area contributed by atoms with Gasteiger partial charge in [0.05, 0.1) is 5.41 Å². The summed E-state index contributed by atoms with van der Waals surface area (Å²) < 4.78 is 0. The fraction of sp³-hybridized carbons (Fsp3) is 0.800. The Hall–Kier alpha value is -1.36. The predicted molar refractivity (Wildman–Crippen MR) is 124 cm³/mol. The first kappa shape index (κ1) is 21.5. The topological polar surface area (TPSA) is 49.3 Å². The third-order valence-corrected chi connectivity index (χ3v) is 8.98. The monoisotopic (exact) mass is 444 g/mol. The van der Waals surface area contributed by atoms with Crippen LogP contribution in [-0.4, -0.2) is 47.5 Å². The van der Waals surface area contributed by atoms with Crippen molar-refractivity contribution in [3.63, 3.8) is 0 Å². The SMILES string of the molecule is CC(C)c1c(Cl)ncnc1N1CCC(CN(C)C(=O)C23CC4CC(CC(C4)C2)C3)CC1. The molecular weight excluding hydrogens is 408 g/mol. The van der Waals surface area contributed by atoms with Crippen LogP contribution in [0.25, 0.3) is 0 Å². The minimum atomic E-state index is -0.0198. The highest BCUT2D eigenvalue weighted by Crippen LogP contribution is 2.60. The summed E-state index contributed by atoms with van der Waals surface area (Å²) in [4.78, 5) is 26.8. The van der Waals surface area contributed by atoms with Crippen molar-refractivity contribution in [3.05, 3.63) is 17.0 Å². The molecule has 0 unspecified atom stereocenters. The number of amides is 1. The van der Waals surface area contributed by atoms with E-state index in [4.69, 9.17) is 11.6 Å². The van der Waals surface area contributed by atoms with Gasteiger partial charge in [-0.1, -0.05) is 25.4 Å². The van der Waals surface area contributed by atoms with Gasteiger partial charge in [-0.25, -0.2) is 9.97 Å². The van der Waals surface area contributed by atoms with Gasteiger partial charge in [-0.3, -0.25) is 4.79 Å². The van der Waals surface area contributed by atoms with Gasteiger partial charge >= 0.3 is 0 Å². The number of rotatable bonds is 5. The van der Waals surface area contributed by atoms with Crippen LogP contribution in [0, 0.1) is 29.1 Å². The molecule has 0 radical (unpaired) electrons. The van der Waals surface area contributed by atoms with Crippen molar-refractivity contribution in [3.8, 4) is 0 Å². The first-order chi connectivity index (χ1) is 14.8. The van der Waals surface area contributed by atoms with Crippen molar-refractivity contribution < 1.29 is 4.79 Å². The number of carbonyl (C=O) groups is 1. The smallest absolute Gasteiger partial charge is 0.228 e. The fourth-order valence-electron chi connectivity index (χ4n) is 7.69. The van der Waals surface area contributed by atoms with Crippen LogP contribution in [0.4, 0.5) is 5.82 Å². The van der Waals surface area contributed by atoms with Crippen molar-refractivity contribution in [2.75, 3.05) is 31.6 Å². The lowest BCUT2D eigenvalue weighted by molar-refractivity contribution is -0.156. The van der Waals surface area contributed by atoms with E-state index < -0.39 is 0 Å². The Kier molecular flexibility index (Phi) is 5.69. The van der Waals surface area contributed by atoms with Crippen LogP contribution in [0.3, 0.4) is 0 Å². The largest absolute Gasteiger partial charge is 0.356 e. The van der Waals surface area contributed by atoms with Crippen LogP contribution in [-0.2, 0) is 4.79 Å². The fourth-order valence-corrected chi connectivity index (χ4v) is 8.04. The van der Waals surface area contributed by atoms with Crippen LogP contribution in [0.15, 0.2) is 6.33 Å². The summed E-state index contributed by atoms with van der Waals surface area (Å²) >= 11 is 6.38. The second-order valence-electron chi connectivity index (χ2n) is 11.4. The van der Waals surface area contributed by atoms with E-state index in [-0.39, 0.29) is 5.41 Å². The molecule has 4 aliphatic carbocycles. The molecule has 170 valence electrons. The molecule has 0 aromatic carbocycles. The number of halogens is 1. The Balaban J connectivity index is 1.20. The minimum Gasteiger partial charge on any atom is -0.356 e. The summed E-state index contributed by atoms with van der Waals surface area (Å²) in [6, 6.07) is 0. The highest BCUT2D eigenvalue weighted by molar-refractivity contribution is 6.30. The Bertz CT molecular complexity index is 798. The molecule has 1 saturated heterocycles. The van der Waals surface area contributed by atoms with E-state index in [0.717, 1.165) is 80.9 Å². The Labute approximate surface area is 191 Å². The molecule has 31 heavy (non-hydrogen) atoms. The van der Waals surface area contributed by atoms with Crippen molar-refractivity contribution >= 4 is 23.3 Å². The first-order valence-corrected chi connectivity index (χ1v) is 12.7. The molecule has 0 spiro atoms. The van der Waals surface area contributed by atoms with Crippen LogP contribution in [0.5, 0.6) is 0 Å². The summed E-state index contributed by atoms with van der Waals surface area (Å²) in [7, 11) is 2.06. The highest BCUT2D eigenvalue weighted by Gasteiger charge is 2.55. The van der Waals surface area contributed by atoms with Crippen molar-refractivity contribution in [1.82, 2.24) is 14.9 Å². The number of carbonyl (C=O) groups excluding carboxylic acids is 1. The zero-order valence-corrected chi connectivity index (χ0v) is 20.1. The van der Waals surface area contributed by atoms with Crippen LogP contribution in [0.2, 0.25) is 5.15 Å². The first-order valence-electron chi connectivity index (χ1n) is 12.4. The molecule has 4 saturated carbocycles. The molecule has 6 rings (SSSR count). The minimum absolute atomic E-state index is 0.0198. The molecule has 6 heteroatoms. The number of hydrogen-bond acceptors (Lipinski definition) is 4. The molecule has 0 atom stereocenters. The number of hydrogen-bond donors (Lipinski definition) is 0. The van der Waals surface area contributed by atoms with Crippen LogP contribution >= 0.6 is 11.6 Å². The molecule has 1 aromatic heterocycles. The van der Waals surface area contributed by atoms with Crippen molar-refractivity contribution in [2.45, 2.75) is 71.1 Å². The van der Waals surface area contributed by atoms with Crippen molar-refractivity contribution in [1.29, 1.82) is 0 Å². The quantitative estimate of drug-likeness (QED) is 0.589. The number of anilines is 1. The summed E-state index contributed by atoms with van der Waals surface area (Å²) in [6.07, 6.45) is 11.4. The number of aromatic nitrogens is 2. The zero-order chi connectivity index (χ0) is 21.8. The summed E-state index contributed by atoms with van der Waals surface area (Å²) in [5, 5.41) is 0.572. The molecule has 2 heterocycles. The average Bonchev–Trinajstić information content (AvgIpc) is 2.72. The third kappa shape index (κ3) is 3.96. The van der Waals surface area contributed by atoms with Gasteiger partial charge in [-0.05, 0) is 81.0 Å². The normalized spacial score (nSPS) is 32.7. The van der Waals surface area contributed by atoms with E-state index in [1.54, 1.807) is 6.33 Å². The van der Waals surface area contributed by atoms with Gasteiger partial charge in [0.15, 0.2) is 0 Å². The van der Waals surface area contributed by atoms with Gasteiger partial charge in [0, 0.05) is 32.2 Å². The molecular formula is C25H37ClN4O. The lowest BCUT2D eigenvalue weighted by atomic mass is 9.49. The summed E-state index contributed by atoms with van der Waals surface area (Å²) in [5.41, 5.74) is 1.03. The van der Waals surface area contributed by atoms with Gasteiger partial charge < -0.3 is 9.80 Å². The summed E-state index contributed by atoms with van der Waals surface area (Å²) in [6.45, 7) is 7.13. The van der Waals surface area contributed by atoms with E-state index in [0.29, 0.717) is 22.9 Å². The van der Waals surface area contributed by atoms with E-state index >= 15 is 0 Å². The molecule has 5 nitrogen and oxygen atoms in total. The number of piperidine rings is 1. The van der Waals surface area contributed by atoms with Crippen LogP contribution in [0.1, 0.15) is 76.7 Å². The molecule has 1 aliphatic heterocycles. The maximum Gasteiger partial charge on any atom is 0.228 e. The van der Waals surface area contributed by atoms with Crippen molar-refractivity contribution in [2.24, 2.45) is 29.1 Å². The molecule has 4 bridgehead atoms. The van der Waals surface area contributed by atoms with Crippen LogP contribution < -0.4 is 4.90 Å². The molecule has 5 aliphatic rings. The maximum atomic E-state index is 13.6. The molecule has 0 N–H and O–H groups in total. The standard InChI is InChI=1S/C25H37ClN4O/c1-16(2)21-22(26)27-15-28-23(21)30-6-4-17(5-7-30)14-29(3)24(31)25-11-18-8-19(12-25)10-20(9-18)13-25/h15-20H,4-14H2,1-3H3. The lowest BCUT2D eigenvalue weighted by Crippen LogP contribution is -2.54. The van der Waals surface area contributed by atoms with E-state index in [1.807, 2.05) is 0 Å². The third-order valence-electron chi connectivity index (χ3n) is 8.68. The van der Waals surface area contributed by atoms with Gasteiger partial charge in [0.25, 0.3) is 0 Å². The maximum absolute atomic E-state index is 13.6. The highest BCUT2D eigenvalue weighted by atomic mass is 35.5. The predicted octanol–water partition coefficient (Wildman–Crippen LogP) is 5.14. The van der Waals surface area contributed by atoms with Gasteiger partial charge in [0.2, 0.25) is 5.91 Å².